The zero-order valence-corrected chi connectivity index (χ0v) is 16.2. The van der Waals surface area contributed by atoms with E-state index in [1.807, 2.05) is 38.1 Å². The van der Waals surface area contributed by atoms with E-state index in [2.05, 4.69) is 10.2 Å². The van der Waals surface area contributed by atoms with Crippen LogP contribution in [0.15, 0.2) is 58.2 Å². The molecule has 1 atom stereocenters. The standard InChI is InChI=1S/C20H20FN3O2S/c1-13-4-6-16(7-5-13)19-22-23-20(26-19)27-12-18(25)24(3)14(2)15-8-10-17(21)11-9-15/h4-11,14H,12H2,1-3H3. The molecule has 3 rings (SSSR count). The third-order valence-electron chi connectivity index (χ3n) is 4.35. The summed E-state index contributed by atoms with van der Waals surface area (Å²) < 4.78 is 18.7. The number of hydrogen-bond acceptors (Lipinski definition) is 5. The van der Waals surface area contributed by atoms with E-state index in [0.29, 0.717) is 11.1 Å². The number of aryl methyl sites for hydroxylation is 1. The van der Waals surface area contributed by atoms with Crippen molar-refractivity contribution in [2.24, 2.45) is 0 Å². The van der Waals surface area contributed by atoms with Crippen LogP contribution in [-0.4, -0.2) is 33.8 Å². The number of carbonyl (C=O) groups is 1. The Morgan fingerprint density at radius 1 is 1.15 bits per heavy atom. The van der Waals surface area contributed by atoms with Crippen LogP contribution in [0.25, 0.3) is 11.5 Å². The molecule has 0 spiro atoms. The zero-order chi connectivity index (χ0) is 19.4. The molecule has 1 unspecified atom stereocenters. The fourth-order valence-corrected chi connectivity index (χ4v) is 3.17. The van der Waals surface area contributed by atoms with Gasteiger partial charge >= 0.3 is 0 Å². The third-order valence-corrected chi connectivity index (χ3v) is 5.15. The second-order valence-electron chi connectivity index (χ2n) is 6.26. The molecular weight excluding hydrogens is 365 g/mol. The number of aromatic nitrogens is 2. The molecule has 3 aromatic rings. The lowest BCUT2D eigenvalue weighted by Gasteiger charge is -2.25. The van der Waals surface area contributed by atoms with Crippen LogP contribution in [0.3, 0.4) is 0 Å². The molecule has 0 bridgehead atoms. The maximum Gasteiger partial charge on any atom is 0.277 e. The summed E-state index contributed by atoms with van der Waals surface area (Å²) in [6, 6.07) is 13.8. The van der Waals surface area contributed by atoms with Crippen molar-refractivity contribution < 1.29 is 13.6 Å². The summed E-state index contributed by atoms with van der Waals surface area (Å²) >= 11 is 1.20. The highest BCUT2D eigenvalue weighted by Gasteiger charge is 2.19. The van der Waals surface area contributed by atoms with Crippen LogP contribution in [-0.2, 0) is 4.79 Å². The fourth-order valence-electron chi connectivity index (χ4n) is 2.49. The minimum Gasteiger partial charge on any atom is -0.411 e. The van der Waals surface area contributed by atoms with Crippen LogP contribution in [0.2, 0.25) is 0 Å². The van der Waals surface area contributed by atoms with Gasteiger partial charge in [0.1, 0.15) is 5.82 Å². The number of benzene rings is 2. The lowest BCUT2D eigenvalue weighted by atomic mass is 10.1. The summed E-state index contributed by atoms with van der Waals surface area (Å²) in [7, 11) is 1.72. The van der Waals surface area contributed by atoms with Crippen LogP contribution in [0, 0.1) is 12.7 Å². The lowest BCUT2D eigenvalue weighted by molar-refractivity contribution is -0.128. The predicted molar refractivity (Wildman–Crippen MR) is 103 cm³/mol. The number of amides is 1. The van der Waals surface area contributed by atoms with E-state index >= 15 is 0 Å². The molecular formula is C20H20FN3O2S. The summed E-state index contributed by atoms with van der Waals surface area (Å²) in [6.45, 7) is 3.91. The number of halogens is 1. The molecule has 1 aromatic heterocycles. The van der Waals surface area contributed by atoms with Gasteiger partial charge in [-0.05, 0) is 43.7 Å². The first kappa shape index (κ1) is 19.1. The largest absolute Gasteiger partial charge is 0.411 e. The molecule has 140 valence electrons. The Bertz CT molecular complexity index is 910. The van der Waals surface area contributed by atoms with Gasteiger partial charge in [0.25, 0.3) is 5.22 Å². The van der Waals surface area contributed by atoms with Gasteiger partial charge in [-0.25, -0.2) is 4.39 Å². The van der Waals surface area contributed by atoms with Gasteiger partial charge in [-0.1, -0.05) is 41.6 Å². The second kappa shape index (κ2) is 8.35. The Morgan fingerprint density at radius 3 is 2.48 bits per heavy atom. The number of carbonyl (C=O) groups excluding carboxylic acids is 1. The summed E-state index contributed by atoms with van der Waals surface area (Å²) in [4.78, 5) is 14.1. The number of thioether (sulfide) groups is 1. The maximum absolute atomic E-state index is 13.1. The molecule has 1 heterocycles. The predicted octanol–water partition coefficient (Wildman–Crippen LogP) is 4.50. The second-order valence-corrected chi connectivity index (χ2v) is 7.19. The minimum atomic E-state index is -0.295. The van der Waals surface area contributed by atoms with Crippen molar-refractivity contribution in [3.05, 3.63) is 65.5 Å². The molecule has 0 N–H and O–H groups in total. The third kappa shape index (κ3) is 4.74. The van der Waals surface area contributed by atoms with E-state index in [-0.39, 0.29) is 23.5 Å². The van der Waals surface area contributed by atoms with Crippen LogP contribution < -0.4 is 0 Å². The van der Waals surface area contributed by atoms with E-state index < -0.39 is 0 Å². The van der Waals surface area contributed by atoms with Crippen LogP contribution in [0.5, 0.6) is 0 Å². The summed E-state index contributed by atoms with van der Waals surface area (Å²) in [5, 5.41) is 8.37. The molecule has 0 aliphatic rings. The van der Waals surface area contributed by atoms with E-state index in [9.17, 15) is 9.18 Å². The fraction of sp³-hybridized carbons (Fsp3) is 0.250. The average Bonchev–Trinajstić information content (AvgIpc) is 3.15. The highest BCUT2D eigenvalue weighted by atomic mass is 32.2. The van der Waals surface area contributed by atoms with Gasteiger partial charge in [0.2, 0.25) is 11.8 Å². The average molecular weight is 385 g/mol. The highest BCUT2D eigenvalue weighted by molar-refractivity contribution is 7.99. The Kier molecular flexibility index (Phi) is 5.91. The molecule has 0 saturated heterocycles. The molecule has 1 amide bonds. The van der Waals surface area contributed by atoms with Crippen molar-refractivity contribution >= 4 is 17.7 Å². The van der Waals surface area contributed by atoms with Crippen molar-refractivity contribution in [1.29, 1.82) is 0 Å². The Balaban J connectivity index is 1.58. The first-order chi connectivity index (χ1) is 12.9. The Labute approximate surface area is 161 Å². The Morgan fingerprint density at radius 2 is 1.81 bits per heavy atom. The lowest BCUT2D eigenvalue weighted by Crippen LogP contribution is -2.31. The van der Waals surface area contributed by atoms with Gasteiger partial charge in [-0.3, -0.25) is 4.79 Å². The van der Waals surface area contributed by atoms with E-state index in [0.717, 1.165) is 16.7 Å². The topological polar surface area (TPSA) is 59.2 Å². The minimum absolute atomic E-state index is 0.0769. The van der Waals surface area contributed by atoms with Crippen LogP contribution in [0.1, 0.15) is 24.1 Å². The van der Waals surface area contributed by atoms with Crippen molar-refractivity contribution in [3.8, 4) is 11.5 Å². The van der Waals surface area contributed by atoms with E-state index in [1.54, 1.807) is 24.1 Å². The maximum atomic E-state index is 13.1. The molecule has 5 nitrogen and oxygen atoms in total. The van der Waals surface area contributed by atoms with Crippen molar-refractivity contribution in [3.63, 3.8) is 0 Å². The first-order valence-corrected chi connectivity index (χ1v) is 9.47. The first-order valence-electron chi connectivity index (χ1n) is 8.48. The Hall–Kier alpha value is -2.67. The van der Waals surface area contributed by atoms with Crippen molar-refractivity contribution in [2.45, 2.75) is 25.1 Å². The van der Waals surface area contributed by atoms with Gasteiger partial charge in [-0.2, -0.15) is 0 Å². The summed E-state index contributed by atoms with van der Waals surface area (Å²) in [5.41, 5.74) is 2.86. The quantitative estimate of drug-likeness (QED) is 0.585. The molecule has 0 fully saturated rings. The van der Waals surface area contributed by atoms with Gasteiger partial charge in [0, 0.05) is 12.6 Å². The van der Waals surface area contributed by atoms with Gasteiger partial charge < -0.3 is 9.32 Å². The van der Waals surface area contributed by atoms with Crippen molar-refractivity contribution in [2.75, 3.05) is 12.8 Å². The van der Waals surface area contributed by atoms with E-state index in [1.165, 1.54) is 23.9 Å². The summed E-state index contributed by atoms with van der Waals surface area (Å²) in [5.74, 6) is 0.235. The van der Waals surface area contributed by atoms with E-state index in [4.69, 9.17) is 4.42 Å². The van der Waals surface area contributed by atoms with Gasteiger partial charge in [0.05, 0.1) is 11.8 Å². The number of nitrogens with zero attached hydrogens (tertiary/aromatic N) is 3. The van der Waals surface area contributed by atoms with Crippen LogP contribution >= 0.6 is 11.8 Å². The summed E-state index contributed by atoms with van der Waals surface area (Å²) in [6.07, 6.45) is 0. The molecule has 2 aromatic carbocycles. The van der Waals surface area contributed by atoms with Crippen LogP contribution in [0.4, 0.5) is 4.39 Å². The molecule has 7 heteroatoms. The normalized spacial score (nSPS) is 12.0. The van der Waals surface area contributed by atoms with Gasteiger partial charge in [-0.15, -0.1) is 10.2 Å². The molecule has 27 heavy (non-hydrogen) atoms. The monoisotopic (exact) mass is 385 g/mol. The highest BCUT2D eigenvalue weighted by Crippen LogP contribution is 2.25. The smallest absolute Gasteiger partial charge is 0.277 e. The molecule has 0 aliphatic carbocycles. The molecule has 0 radical (unpaired) electrons. The van der Waals surface area contributed by atoms with Gasteiger partial charge in [0.15, 0.2) is 0 Å². The number of rotatable bonds is 6. The number of hydrogen-bond donors (Lipinski definition) is 0. The molecule has 0 aliphatic heterocycles. The van der Waals surface area contributed by atoms with Crippen molar-refractivity contribution in [1.82, 2.24) is 15.1 Å². The molecule has 0 saturated carbocycles. The SMILES string of the molecule is Cc1ccc(-c2nnc(SCC(=O)N(C)C(C)c3ccc(F)cc3)o2)cc1. The zero-order valence-electron chi connectivity index (χ0n) is 15.3.